The van der Waals surface area contributed by atoms with Gasteiger partial charge in [0.1, 0.15) is 0 Å². The Kier molecular flexibility index (Phi) is 6.64. The average Bonchev–Trinajstić information content (AvgIpc) is 3.35. The van der Waals surface area contributed by atoms with Gasteiger partial charge in [0.2, 0.25) is 0 Å². The number of thiazole rings is 1. The van der Waals surface area contributed by atoms with Crippen LogP contribution < -0.4 is 5.32 Å². The molecule has 0 radical (unpaired) electrons. The smallest absolute Gasteiger partial charge is 0.339 e. The lowest BCUT2D eigenvalue weighted by molar-refractivity contribution is -0.384. The average molecular weight is 518 g/mol. The van der Waals surface area contributed by atoms with Crippen molar-refractivity contribution in [2.75, 3.05) is 18.9 Å². The molecule has 1 amide bonds. The Bertz CT molecular complexity index is 1540. The van der Waals surface area contributed by atoms with Gasteiger partial charge in [-0.25, -0.2) is 9.78 Å². The van der Waals surface area contributed by atoms with Crippen LogP contribution >= 0.6 is 11.3 Å². The first-order valence-electron chi connectivity index (χ1n) is 11.6. The molecule has 5 rings (SSSR count). The Morgan fingerprint density at radius 2 is 2.00 bits per heavy atom. The number of carbonyl (C=O) groups excluding carboxylic acids is 2. The molecule has 4 aromatic rings. The second-order valence-electron chi connectivity index (χ2n) is 8.80. The SMILES string of the molecule is CC(OC(=O)c1c2c(nc3ccccc13)CCN(C)C2)C(=O)Nc1nc(-c2cccc([N+](=O)[O-])c2)cs1. The number of nitrogens with zero attached hydrogens (tertiary/aromatic N) is 4. The highest BCUT2D eigenvalue weighted by Crippen LogP contribution is 2.30. The summed E-state index contributed by atoms with van der Waals surface area (Å²) in [7, 11) is 1.99. The van der Waals surface area contributed by atoms with Crippen LogP contribution in [0.5, 0.6) is 0 Å². The van der Waals surface area contributed by atoms with Crippen molar-refractivity contribution in [1.82, 2.24) is 14.9 Å². The molecule has 0 saturated heterocycles. The number of non-ortho nitro benzene ring substituents is 1. The Morgan fingerprint density at radius 3 is 2.81 bits per heavy atom. The van der Waals surface area contributed by atoms with Gasteiger partial charge in [-0.05, 0) is 20.0 Å². The van der Waals surface area contributed by atoms with Crippen LogP contribution in [-0.2, 0) is 22.5 Å². The van der Waals surface area contributed by atoms with Gasteiger partial charge >= 0.3 is 5.97 Å². The van der Waals surface area contributed by atoms with Crippen molar-refractivity contribution in [2.24, 2.45) is 0 Å². The molecule has 1 N–H and O–H groups in total. The van der Waals surface area contributed by atoms with Gasteiger partial charge in [-0.15, -0.1) is 11.3 Å². The number of hydrogen-bond acceptors (Lipinski definition) is 9. The molecule has 1 aliphatic heterocycles. The van der Waals surface area contributed by atoms with Crippen LogP contribution in [0, 0.1) is 10.1 Å². The predicted molar refractivity (Wildman–Crippen MR) is 139 cm³/mol. The maximum Gasteiger partial charge on any atom is 0.339 e. The van der Waals surface area contributed by atoms with E-state index >= 15 is 0 Å². The number of amides is 1. The summed E-state index contributed by atoms with van der Waals surface area (Å²) in [6, 6.07) is 13.5. The number of pyridine rings is 1. The number of likely N-dealkylation sites (N-methyl/N-ethyl adjacent to an activating group) is 1. The minimum Gasteiger partial charge on any atom is -0.449 e. The molecule has 3 heterocycles. The zero-order valence-corrected chi connectivity index (χ0v) is 20.9. The summed E-state index contributed by atoms with van der Waals surface area (Å²) in [5.41, 5.74) is 3.86. The van der Waals surface area contributed by atoms with E-state index in [-0.39, 0.29) is 5.69 Å². The summed E-state index contributed by atoms with van der Waals surface area (Å²) >= 11 is 1.17. The van der Waals surface area contributed by atoms with Gasteiger partial charge in [0, 0.05) is 59.2 Å². The van der Waals surface area contributed by atoms with Crippen LogP contribution in [0.2, 0.25) is 0 Å². The van der Waals surface area contributed by atoms with Crippen molar-refractivity contribution in [3.63, 3.8) is 0 Å². The molecule has 2 aromatic carbocycles. The Morgan fingerprint density at radius 1 is 1.19 bits per heavy atom. The van der Waals surface area contributed by atoms with Gasteiger partial charge < -0.3 is 9.64 Å². The van der Waals surface area contributed by atoms with Crippen LogP contribution in [-0.4, -0.2) is 51.4 Å². The van der Waals surface area contributed by atoms with Gasteiger partial charge in [0.05, 0.1) is 21.7 Å². The number of hydrogen-bond donors (Lipinski definition) is 1. The molecule has 0 saturated carbocycles. The molecule has 188 valence electrons. The third-order valence-electron chi connectivity index (χ3n) is 6.18. The number of aromatic nitrogens is 2. The number of ether oxygens (including phenoxy) is 1. The van der Waals surface area contributed by atoms with E-state index in [0.717, 1.165) is 24.2 Å². The van der Waals surface area contributed by atoms with Crippen LogP contribution in [0.4, 0.5) is 10.8 Å². The van der Waals surface area contributed by atoms with Crippen molar-refractivity contribution in [1.29, 1.82) is 0 Å². The molecular formula is C26H23N5O5S. The highest BCUT2D eigenvalue weighted by atomic mass is 32.1. The van der Waals surface area contributed by atoms with E-state index in [1.54, 1.807) is 17.5 Å². The van der Waals surface area contributed by atoms with Crippen molar-refractivity contribution >= 4 is 44.9 Å². The molecule has 11 heteroatoms. The maximum absolute atomic E-state index is 13.4. The Hall–Kier alpha value is -4.22. The number of rotatable bonds is 6. The fourth-order valence-electron chi connectivity index (χ4n) is 4.28. The molecule has 0 bridgehead atoms. The number of nitrogens with one attached hydrogen (secondary N) is 1. The molecular weight excluding hydrogens is 494 g/mol. The Balaban J connectivity index is 1.33. The minimum absolute atomic E-state index is 0.0476. The zero-order valence-electron chi connectivity index (χ0n) is 20.1. The number of benzene rings is 2. The summed E-state index contributed by atoms with van der Waals surface area (Å²) < 4.78 is 5.62. The van der Waals surface area contributed by atoms with Gasteiger partial charge in [0.15, 0.2) is 11.2 Å². The fraction of sp³-hybridized carbons (Fsp3) is 0.231. The van der Waals surface area contributed by atoms with Crippen molar-refractivity contribution in [3.8, 4) is 11.3 Å². The number of nitro groups is 1. The highest BCUT2D eigenvalue weighted by molar-refractivity contribution is 7.14. The van der Waals surface area contributed by atoms with Gasteiger partial charge in [-0.1, -0.05) is 30.3 Å². The molecule has 10 nitrogen and oxygen atoms in total. The second kappa shape index (κ2) is 10.0. The zero-order chi connectivity index (χ0) is 26.1. The molecule has 37 heavy (non-hydrogen) atoms. The fourth-order valence-corrected chi connectivity index (χ4v) is 5.00. The summed E-state index contributed by atoms with van der Waals surface area (Å²) in [6.07, 6.45) is -0.356. The molecule has 1 aliphatic rings. The van der Waals surface area contributed by atoms with Gasteiger partial charge in [-0.2, -0.15) is 0 Å². The first-order valence-corrected chi connectivity index (χ1v) is 12.5. The highest BCUT2D eigenvalue weighted by Gasteiger charge is 2.28. The first-order chi connectivity index (χ1) is 17.8. The van der Waals surface area contributed by atoms with E-state index < -0.39 is 22.9 Å². The third-order valence-corrected chi connectivity index (χ3v) is 6.94. The van der Waals surface area contributed by atoms with Crippen LogP contribution in [0.3, 0.4) is 0 Å². The van der Waals surface area contributed by atoms with Gasteiger partial charge in [0.25, 0.3) is 11.6 Å². The van der Waals surface area contributed by atoms with E-state index in [0.29, 0.717) is 39.4 Å². The molecule has 1 atom stereocenters. The van der Waals surface area contributed by atoms with Crippen LogP contribution in [0.1, 0.15) is 28.5 Å². The normalized spacial score (nSPS) is 14.1. The van der Waals surface area contributed by atoms with E-state index in [4.69, 9.17) is 9.72 Å². The monoisotopic (exact) mass is 517 g/mol. The number of esters is 1. The number of fused-ring (bicyclic) bond motifs is 2. The van der Waals surface area contributed by atoms with E-state index in [2.05, 4.69) is 15.2 Å². The molecule has 0 aliphatic carbocycles. The second-order valence-corrected chi connectivity index (χ2v) is 9.66. The lowest BCUT2D eigenvalue weighted by Gasteiger charge is -2.27. The lowest BCUT2D eigenvalue weighted by Crippen LogP contribution is -2.32. The van der Waals surface area contributed by atoms with Crippen LogP contribution in [0.25, 0.3) is 22.2 Å². The summed E-state index contributed by atoms with van der Waals surface area (Å²) in [6.45, 7) is 2.92. The Labute approximate surface area is 216 Å². The largest absolute Gasteiger partial charge is 0.449 e. The number of para-hydroxylation sites is 1. The van der Waals surface area contributed by atoms with Crippen molar-refractivity contribution in [2.45, 2.75) is 26.0 Å². The van der Waals surface area contributed by atoms with E-state index in [9.17, 15) is 19.7 Å². The molecule has 2 aromatic heterocycles. The third kappa shape index (κ3) is 5.04. The quantitative estimate of drug-likeness (QED) is 0.226. The summed E-state index contributed by atoms with van der Waals surface area (Å²) in [5, 5.41) is 16.4. The molecule has 0 fully saturated rings. The predicted octanol–water partition coefficient (Wildman–Crippen LogP) is 4.44. The lowest BCUT2D eigenvalue weighted by atomic mass is 9.96. The summed E-state index contributed by atoms with van der Waals surface area (Å²) in [5.74, 6) is -1.11. The van der Waals surface area contributed by atoms with E-state index in [1.807, 2.05) is 31.3 Å². The number of carbonyl (C=O) groups is 2. The first kappa shape index (κ1) is 24.5. The number of anilines is 1. The van der Waals surface area contributed by atoms with Crippen LogP contribution in [0.15, 0.2) is 53.9 Å². The minimum atomic E-state index is -1.08. The maximum atomic E-state index is 13.4. The van der Waals surface area contributed by atoms with Gasteiger partial charge in [-0.3, -0.25) is 25.2 Å². The van der Waals surface area contributed by atoms with Crippen molar-refractivity contribution < 1.29 is 19.2 Å². The van der Waals surface area contributed by atoms with E-state index in [1.165, 1.54) is 30.4 Å². The molecule has 0 spiro atoms. The van der Waals surface area contributed by atoms with Crippen molar-refractivity contribution in [3.05, 3.63) is 80.8 Å². The summed E-state index contributed by atoms with van der Waals surface area (Å²) in [4.78, 5) is 48.0. The topological polar surface area (TPSA) is 128 Å². The number of nitro benzene ring substituents is 1. The standard InChI is InChI=1S/C26H23N5O5S/c1-15(24(32)29-26-28-22(14-37-26)16-6-5-7-17(12-16)31(34)35)36-25(33)23-18-8-3-4-9-20(18)27-21-10-11-30(2)13-19(21)23/h3-9,12,14-15H,10-11,13H2,1-2H3,(H,28,29,32). The molecule has 1 unspecified atom stereocenters.